The lowest BCUT2D eigenvalue weighted by molar-refractivity contribution is 0.455. The van der Waals surface area contributed by atoms with Gasteiger partial charge in [0.15, 0.2) is 0 Å². The Hall–Kier alpha value is -0.490. The first-order chi connectivity index (χ1) is 9.65. The summed E-state index contributed by atoms with van der Waals surface area (Å²) in [5.74, 6) is 5.52. The molecule has 0 nitrogen and oxygen atoms in total. The molecule has 0 saturated heterocycles. The number of hydrogen-bond acceptors (Lipinski definition) is 0. The minimum absolute atomic E-state index is 0.265. The summed E-state index contributed by atoms with van der Waals surface area (Å²) in [6.07, 6.45) is 5.66. The van der Waals surface area contributed by atoms with Crippen molar-refractivity contribution in [2.24, 2.45) is 35.5 Å². The molecule has 2 bridgehead atoms. The zero-order valence-electron chi connectivity index (χ0n) is 12.6. The molecular weight excluding hydrogens is 264 g/mol. The predicted octanol–water partition coefficient (Wildman–Crippen LogP) is 5.46. The lowest BCUT2D eigenvalue weighted by Crippen LogP contribution is -2.04. The summed E-state index contributed by atoms with van der Waals surface area (Å²) >= 11 is 6.82. The van der Waals surface area contributed by atoms with E-state index in [-0.39, 0.29) is 5.38 Å². The Balaban J connectivity index is 1.46. The van der Waals surface area contributed by atoms with Crippen molar-refractivity contribution in [1.29, 1.82) is 0 Å². The van der Waals surface area contributed by atoms with Crippen molar-refractivity contribution >= 4 is 11.6 Å². The quantitative estimate of drug-likeness (QED) is 0.646. The highest BCUT2D eigenvalue weighted by Gasteiger charge is 2.66. The van der Waals surface area contributed by atoms with Gasteiger partial charge >= 0.3 is 0 Å². The Labute approximate surface area is 127 Å². The second-order valence-electron chi connectivity index (χ2n) is 7.81. The van der Waals surface area contributed by atoms with Crippen LogP contribution in [0.2, 0.25) is 0 Å². The van der Waals surface area contributed by atoms with Gasteiger partial charge in [0.1, 0.15) is 0 Å². The van der Waals surface area contributed by atoms with Crippen LogP contribution in [0.3, 0.4) is 0 Å². The lowest BCUT2D eigenvalue weighted by Gasteiger charge is -2.15. The summed E-state index contributed by atoms with van der Waals surface area (Å²) in [5, 5.41) is 0.265. The third kappa shape index (κ3) is 2.03. The van der Waals surface area contributed by atoms with Crippen LogP contribution in [0, 0.1) is 35.5 Å². The first-order valence-corrected chi connectivity index (χ1v) is 8.81. The maximum absolute atomic E-state index is 6.82. The molecule has 5 atom stereocenters. The van der Waals surface area contributed by atoms with E-state index in [4.69, 9.17) is 11.6 Å². The van der Waals surface area contributed by atoms with Crippen LogP contribution < -0.4 is 0 Å². The molecule has 1 heteroatoms. The topological polar surface area (TPSA) is 0 Å². The maximum Gasteiger partial charge on any atom is 0.0619 e. The van der Waals surface area contributed by atoms with Crippen molar-refractivity contribution in [3.63, 3.8) is 0 Å². The summed E-state index contributed by atoms with van der Waals surface area (Å²) < 4.78 is 0. The van der Waals surface area contributed by atoms with Crippen molar-refractivity contribution in [3.8, 4) is 0 Å². The van der Waals surface area contributed by atoms with Gasteiger partial charge < -0.3 is 0 Å². The number of rotatable bonds is 4. The van der Waals surface area contributed by atoms with Crippen LogP contribution in [-0.2, 0) is 6.42 Å². The standard InChI is InChI=1S/C19H25Cl/c1-11(2)9-12-3-5-13(6-4-12)19(20)18-16-14-7-8-15(10-14)17(16)18/h3-6,11,14-19H,7-10H2,1-2H3. The predicted molar refractivity (Wildman–Crippen MR) is 84.9 cm³/mol. The highest BCUT2D eigenvalue weighted by atomic mass is 35.5. The third-order valence-corrected chi connectivity index (χ3v) is 6.62. The molecule has 3 saturated carbocycles. The molecule has 0 N–H and O–H groups in total. The van der Waals surface area contributed by atoms with Crippen LogP contribution in [0.1, 0.15) is 49.6 Å². The summed E-state index contributed by atoms with van der Waals surface area (Å²) in [6, 6.07) is 9.14. The van der Waals surface area contributed by atoms with Gasteiger partial charge in [0.05, 0.1) is 5.38 Å². The average molecular weight is 289 g/mol. The van der Waals surface area contributed by atoms with E-state index < -0.39 is 0 Å². The van der Waals surface area contributed by atoms with Crippen molar-refractivity contribution in [1.82, 2.24) is 0 Å². The number of halogens is 1. The zero-order chi connectivity index (χ0) is 13.9. The normalized spacial score (nSPS) is 39.1. The molecule has 5 unspecified atom stereocenters. The van der Waals surface area contributed by atoms with E-state index in [0.717, 1.165) is 35.5 Å². The van der Waals surface area contributed by atoms with Crippen LogP contribution in [0.5, 0.6) is 0 Å². The monoisotopic (exact) mass is 288 g/mol. The van der Waals surface area contributed by atoms with E-state index in [1.54, 1.807) is 0 Å². The SMILES string of the molecule is CC(C)Cc1ccc(C(Cl)C2C3C4CCC(C4)C32)cc1. The fourth-order valence-corrected chi connectivity index (χ4v) is 5.80. The molecule has 0 heterocycles. The second-order valence-corrected chi connectivity index (χ2v) is 8.28. The molecule has 20 heavy (non-hydrogen) atoms. The van der Waals surface area contributed by atoms with E-state index in [1.165, 1.54) is 36.8 Å². The minimum Gasteiger partial charge on any atom is -0.117 e. The molecule has 3 aliphatic rings. The van der Waals surface area contributed by atoms with Crippen LogP contribution in [-0.4, -0.2) is 0 Å². The summed E-state index contributed by atoms with van der Waals surface area (Å²) in [6.45, 7) is 4.55. The Morgan fingerprint density at radius 1 is 1.05 bits per heavy atom. The molecule has 108 valence electrons. The van der Waals surface area contributed by atoms with E-state index in [2.05, 4.69) is 38.1 Å². The highest BCUT2D eigenvalue weighted by molar-refractivity contribution is 6.21. The molecule has 3 fully saturated rings. The van der Waals surface area contributed by atoms with Crippen LogP contribution in [0.4, 0.5) is 0 Å². The van der Waals surface area contributed by atoms with Gasteiger partial charge in [-0.15, -0.1) is 11.6 Å². The van der Waals surface area contributed by atoms with Crippen LogP contribution in [0.25, 0.3) is 0 Å². The summed E-state index contributed by atoms with van der Waals surface area (Å²) in [5.41, 5.74) is 2.81. The van der Waals surface area contributed by atoms with Gasteiger partial charge in [-0.3, -0.25) is 0 Å². The van der Waals surface area contributed by atoms with E-state index in [0.29, 0.717) is 0 Å². The lowest BCUT2D eigenvalue weighted by atomic mass is 9.95. The fourth-order valence-electron chi connectivity index (χ4n) is 5.32. The molecule has 0 radical (unpaired) electrons. The Bertz CT molecular complexity index is 473. The van der Waals surface area contributed by atoms with E-state index >= 15 is 0 Å². The van der Waals surface area contributed by atoms with Gasteiger partial charge in [0, 0.05) is 0 Å². The Morgan fingerprint density at radius 3 is 2.20 bits per heavy atom. The molecule has 0 aliphatic heterocycles. The average Bonchev–Trinajstić information content (AvgIpc) is 2.86. The number of alkyl halides is 1. The molecule has 0 amide bonds. The number of benzene rings is 1. The van der Waals surface area contributed by atoms with E-state index in [9.17, 15) is 0 Å². The fraction of sp³-hybridized carbons (Fsp3) is 0.684. The first kappa shape index (κ1) is 13.2. The van der Waals surface area contributed by atoms with Gasteiger partial charge in [-0.1, -0.05) is 38.1 Å². The van der Waals surface area contributed by atoms with Gasteiger partial charge in [0.25, 0.3) is 0 Å². The molecule has 0 spiro atoms. The molecule has 0 aromatic heterocycles. The molecule has 4 rings (SSSR count). The van der Waals surface area contributed by atoms with Gasteiger partial charge in [-0.2, -0.15) is 0 Å². The van der Waals surface area contributed by atoms with Crippen LogP contribution >= 0.6 is 11.6 Å². The highest BCUT2D eigenvalue weighted by Crippen LogP contribution is 2.73. The Kier molecular flexibility index (Phi) is 3.14. The van der Waals surface area contributed by atoms with Gasteiger partial charge in [-0.05, 0) is 72.3 Å². The second kappa shape index (κ2) is 4.77. The van der Waals surface area contributed by atoms with Crippen molar-refractivity contribution in [2.75, 3.05) is 0 Å². The van der Waals surface area contributed by atoms with Gasteiger partial charge in [-0.25, -0.2) is 0 Å². The smallest absolute Gasteiger partial charge is 0.0619 e. The molecule has 3 aliphatic carbocycles. The largest absolute Gasteiger partial charge is 0.117 e. The first-order valence-electron chi connectivity index (χ1n) is 8.38. The summed E-state index contributed by atoms with van der Waals surface area (Å²) in [7, 11) is 0. The third-order valence-electron chi connectivity index (χ3n) is 6.07. The van der Waals surface area contributed by atoms with E-state index in [1.807, 2.05) is 0 Å². The number of fused-ring (bicyclic) bond motifs is 5. The molecule has 1 aromatic rings. The summed E-state index contributed by atoms with van der Waals surface area (Å²) in [4.78, 5) is 0. The minimum atomic E-state index is 0.265. The molecular formula is C19H25Cl. The van der Waals surface area contributed by atoms with Crippen molar-refractivity contribution in [2.45, 2.75) is 44.9 Å². The van der Waals surface area contributed by atoms with Crippen molar-refractivity contribution in [3.05, 3.63) is 35.4 Å². The maximum atomic E-state index is 6.82. The zero-order valence-corrected chi connectivity index (χ0v) is 13.3. The molecule has 1 aromatic carbocycles. The van der Waals surface area contributed by atoms with Crippen molar-refractivity contribution < 1.29 is 0 Å². The number of hydrogen-bond donors (Lipinski definition) is 0. The van der Waals surface area contributed by atoms with Crippen LogP contribution in [0.15, 0.2) is 24.3 Å². The van der Waals surface area contributed by atoms with Gasteiger partial charge in [0.2, 0.25) is 0 Å². The Morgan fingerprint density at radius 2 is 1.65 bits per heavy atom.